The number of hydrogen-bond donors (Lipinski definition) is 0. The highest BCUT2D eigenvalue weighted by Gasteiger charge is 2.45. The number of benzene rings is 2. The number of nitrogens with zero attached hydrogens (tertiary/aromatic N) is 2. The van der Waals surface area contributed by atoms with Gasteiger partial charge in [0.25, 0.3) is 5.56 Å². The number of carbonyl (C=O) groups excluding carboxylic acids is 1. The fourth-order valence-electron chi connectivity index (χ4n) is 4.11. The molecule has 3 aromatic rings. The summed E-state index contributed by atoms with van der Waals surface area (Å²) in [7, 11) is 1.47. The van der Waals surface area contributed by atoms with Gasteiger partial charge in [-0.25, -0.2) is 9.79 Å². The van der Waals surface area contributed by atoms with Crippen molar-refractivity contribution in [3.8, 4) is 11.5 Å². The average Bonchev–Trinajstić information content (AvgIpc) is 3.18. The van der Waals surface area contributed by atoms with Crippen molar-refractivity contribution in [2.45, 2.75) is 39.1 Å². The molecule has 0 saturated carbocycles. The minimum Gasteiger partial charge on any atom is -0.493 e. The van der Waals surface area contributed by atoms with Gasteiger partial charge in [-0.15, -0.1) is 0 Å². The van der Waals surface area contributed by atoms with E-state index < -0.39 is 35.0 Å². The molecular formula is C27H24ClF3N2O5S. The van der Waals surface area contributed by atoms with E-state index in [0.29, 0.717) is 22.1 Å². The zero-order valence-corrected chi connectivity index (χ0v) is 22.9. The highest BCUT2D eigenvalue weighted by Crippen LogP contribution is 2.38. The van der Waals surface area contributed by atoms with Crippen LogP contribution in [0.3, 0.4) is 0 Å². The number of fused-ring (bicyclic) bond motifs is 1. The first-order valence-corrected chi connectivity index (χ1v) is 13.0. The summed E-state index contributed by atoms with van der Waals surface area (Å²) in [4.78, 5) is 30.2. The minimum atomic E-state index is -4.99. The SMILES string of the molecule is CCOC(=O)C1=C(C(F)(F)F)N=c2s/c(=C\c3cccc(OC)c3OC(C)C)c(=O)n2[C@@H]1c1ccc(Cl)cc1. The number of halogens is 4. The van der Waals surface area contributed by atoms with Crippen LogP contribution in [0.2, 0.25) is 5.02 Å². The molecule has 0 aliphatic carbocycles. The smallest absolute Gasteiger partial charge is 0.434 e. The number of ether oxygens (including phenoxy) is 3. The molecule has 12 heteroatoms. The molecule has 0 radical (unpaired) electrons. The molecule has 2 heterocycles. The number of carbonyl (C=O) groups is 1. The van der Waals surface area contributed by atoms with E-state index in [0.717, 1.165) is 15.9 Å². The van der Waals surface area contributed by atoms with Crippen molar-refractivity contribution in [2.75, 3.05) is 13.7 Å². The molecule has 1 aliphatic rings. The summed E-state index contributed by atoms with van der Waals surface area (Å²) < 4.78 is 60.2. The van der Waals surface area contributed by atoms with Gasteiger partial charge in [0.15, 0.2) is 22.0 Å². The number of alkyl halides is 3. The lowest BCUT2D eigenvalue weighted by Crippen LogP contribution is -2.41. The second kappa shape index (κ2) is 11.3. The highest BCUT2D eigenvalue weighted by atomic mass is 35.5. The average molecular weight is 581 g/mol. The quantitative estimate of drug-likeness (QED) is 0.376. The van der Waals surface area contributed by atoms with Gasteiger partial charge in [-0.05, 0) is 50.6 Å². The van der Waals surface area contributed by atoms with Crippen LogP contribution in [-0.2, 0) is 9.53 Å². The fraction of sp³-hybridized carbons (Fsp3) is 0.296. The monoisotopic (exact) mass is 580 g/mol. The van der Waals surface area contributed by atoms with E-state index in [2.05, 4.69) is 4.99 Å². The summed E-state index contributed by atoms with van der Waals surface area (Å²) in [5, 5.41) is 0.333. The van der Waals surface area contributed by atoms with Crippen LogP contribution in [0.15, 0.2) is 63.5 Å². The Morgan fingerprint density at radius 2 is 1.90 bits per heavy atom. The maximum absolute atomic E-state index is 14.2. The maximum atomic E-state index is 14.2. The van der Waals surface area contributed by atoms with Crippen LogP contribution >= 0.6 is 22.9 Å². The molecule has 206 valence electrons. The molecular weight excluding hydrogens is 557 g/mol. The predicted molar refractivity (Wildman–Crippen MR) is 141 cm³/mol. The second-order valence-electron chi connectivity index (χ2n) is 8.66. The molecule has 0 amide bonds. The molecule has 0 unspecified atom stereocenters. The normalized spacial score (nSPS) is 15.7. The molecule has 1 aliphatic heterocycles. The van der Waals surface area contributed by atoms with E-state index in [1.54, 1.807) is 18.2 Å². The summed E-state index contributed by atoms with van der Waals surface area (Å²) >= 11 is 6.77. The summed E-state index contributed by atoms with van der Waals surface area (Å²) in [6.07, 6.45) is -3.71. The molecule has 7 nitrogen and oxygen atoms in total. The van der Waals surface area contributed by atoms with Crippen LogP contribution in [-0.4, -0.2) is 36.5 Å². The van der Waals surface area contributed by atoms with Crippen molar-refractivity contribution in [1.82, 2.24) is 4.57 Å². The van der Waals surface area contributed by atoms with E-state index in [-0.39, 0.29) is 27.6 Å². The number of aromatic nitrogens is 1. The van der Waals surface area contributed by atoms with E-state index in [1.165, 1.54) is 44.4 Å². The second-order valence-corrected chi connectivity index (χ2v) is 10.1. The van der Waals surface area contributed by atoms with Gasteiger partial charge in [0.05, 0.1) is 36.0 Å². The fourth-order valence-corrected chi connectivity index (χ4v) is 5.23. The van der Waals surface area contributed by atoms with Gasteiger partial charge in [0.1, 0.15) is 0 Å². The van der Waals surface area contributed by atoms with Gasteiger partial charge in [0, 0.05) is 10.6 Å². The Morgan fingerprint density at radius 1 is 1.21 bits per heavy atom. The Bertz CT molecular complexity index is 1610. The van der Waals surface area contributed by atoms with Gasteiger partial charge in [0.2, 0.25) is 0 Å². The minimum absolute atomic E-state index is 0.0845. The Kier molecular flexibility index (Phi) is 8.22. The third-order valence-electron chi connectivity index (χ3n) is 5.65. The lowest BCUT2D eigenvalue weighted by Gasteiger charge is -2.26. The summed E-state index contributed by atoms with van der Waals surface area (Å²) in [5.41, 5.74) is -2.12. The Balaban J connectivity index is 2.04. The summed E-state index contributed by atoms with van der Waals surface area (Å²) in [5.74, 6) is -0.422. The predicted octanol–water partition coefficient (Wildman–Crippen LogP) is 4.79. The molecule has 39 heavy (non-hydrogen) atoms. The zero-order chi connectivity index (χ0) is 28.5. The Morgan fingerprint density at radius 3 is 2.49 bits per heavy atom. The third kappa shape index (κ3) is 5.74. The van der Waals surface area contributed by atoms with Gasteiger partial charge >= 0.3 is 12.1 Å². The molecule has 4 rings (SSSR count). The zero-order valence-electron chi connectivity index (χ0n) is 21.3. The van der Waals surface area contributed by atoms with E-state index in [4.69, 9.17) is 25.8 Å². The van der Waals surface area contributed by atoms with Gasteiger partial charge in [-0.3, -0.25) is 9.36 Å². The largest absolute Gasteiger partial charge is 0.493 e. The van der Waals surface area contributed by atoms with Crippen molar-refractivity contribution < 1.29 is 32.2 Å². The molecule has 2 aromatic carbocycles. The first kappa shape index (κ1) is 28.4. The maximum Gasteiger partial charge on any atom is 0.434 e. The van der Waals surface area contributed by atoms with Crippen LogP contribution in [0.25, 0.3) is 6.08 Å². The van der Waals surface area contributed by atoms with Gasteiger partial charge in [-0.2, -0.15) is 13.2 Å². The van der Waals surface area contributed by atoms with Gasteiger partial charge in [-0.1, -0.05) is 47.2 Å². The number of para-hydroxylation sites is 1. The highest BCUT2D eigenvalue weighted by molar-refractivity contribution is 7.07. The van der Waals surface area contributed by atoms with Crippen molar-refractivity contribution in [2.24, 2.45) is 4.99 Å². The third-order valence-corrected chi connectivity index (χ3v) is 6.89. The number of esters is 1. The van der Waals surface area contributed by atoms with E-state index >= 15 is 0 Å². The van der Waals surface area contributed by atoms with Crippen LogP contribution in [0.5, 0.6) is 11.5 Å². The first-order chi connectivity index (χ1) is 18.5. The molecule has 0 bridgehead atoms. The standard InChI is InChI=1S/C27H24ClF3N2O5S/c1-5-37-25(35)20-21(15-9-11-17(28)12-10-15)33-24(34)19(39-26(33)32-23(20)27(29,30)31)13-16-7-6-8-18(36-4)22(16)38-14(2)3/h6-14,21H,5H2,1-4H3/b19-13-/t21-/m1/s1. The van der Waals surface area contributed by atoms with Crippen molar-refractivity contribution in [3.63, 3.8) is 0 Å². The first-order valence-electron chi connectivity index (χ1n) is 11.9. The molecule has 0 fully saturated rings. The van der Waals surface area contributed by atoms with E-state index in [9.17, 15) is 22.8 Å². The number of thiazole rings is 1. The van der Waals surface area contributed by atoms with E-state index in [1.807, 2.05) is 13.8 Å². The molecule has 1 aromatic heterocycles. The van der Waals surface area contributed by atoms with Crippen LogP contribution in [0.1, 0.15) is 37.9 Å². The van der Waals surface area contributed by atoms with Crippen molar-refractivity contribution in [3.05, 3.63) is 89.6 Å². The van der Waals surface area contributed by atoms with Crippen molar-refractivity contribution in [1.29, 1.82) is 0 Å². The topological polar surface area (TPSA) is 79.1 Å². The molecule has 1 atom stereocenters. The number of allylic oxidation sites excluding steroid dienone is 1. The van der Waals surface area contributed by atoms with Crippen LogP contribution < -0.4 is 24.4 Å². The molecule has 0 spiro atoms. The number of methoxy groups -OCH3 is 1. The lowest BCUT2D eigenvalue weighted by atomic mass is 9.95. The summed E-state index contributed by atoms with van der Waals surface area (Å²) in [6, 6.07) is 9.49. The molecule has 0 saturated heterocycles. The number of hydrogen-bond acceptors (Lipinski definition) is 7. The molecule has 0 N–H and O–H groups in total. The summed E-state index contributed by atoms with van der Waals surface area (Å²) in [6.45, 7) is 4.96. The lowest BCUT2D eigenvalue weighted by molar-refractivity contribution is -0.140. The Hall–Kier alpha value is -3.57. The van der Waals surface area contributed by atoms with Crippen LogP contribution in [0.4, 0.5) is 13.2 Å². The Labute approximate surface area is 230 Å². The van der Waals surface area contributed by atoms with Crippen LogP contribution in [0, 0.1) is 0 Å². The van der Waals surface area contributed by atoms with Crippen molar-refractivity contribution >= 4 is 35.0 Å². The number of rotatable bonds is 7. The van der Waals surface area contributed by atoms with Gasteiger partial charge < -0.3 is 14.2 Å².